The minimum Gasteiger partial charge on any atom is -0.465 e. The van der Waals surface area contributed by atoms with Gasteiger partial charge in [0, 0.05) is 11.1 Å². The predicted octanol–water partition coefficient (Wildman–Crippen LogP) is 3.36. The molecule has 0 aliphatic carbocycles. The third-order valence-corrected chi connectivity index (χ3v) is 4.51. The van der Waals surface area contributed by atoms with Crippen LogP contribution in [-0.4, -0.2) is 29.9 Å². The molecule has 2 aromatic carbocycles. The minimum absolute atomic E-state index is 0.192. The van der Waals surface area contributed by atoms with E-state index in [0.717, 1.165) is 5.56 Å². The molecule has 3 rings (SSSR count). The van der Waals surface area contributed by atoms with Gasteiger partial charge in [0.05, 0.1) is 19.1 Å². The molecule has 0 bridgehead atoms. The molecule has 2 amide bonds. The second-order valence-electron chi connectivity index (χ2n) is 5.77. The number of aromatic nitrogens is 1. The van der Waals surface area contributed by atoms with Gasteiger partial charge in [-0.25, -0.2) is 9.78 Å². The SMILES string of the molecule is COC(=O)c1ccc(NC(=O)c2csc(NC(=O)Cc3ccccc3)n2)cc1. The van der Waals surface area contributed by atoms with Gasteiger partial charge in [-0.15, -0.1) is 11.3 Å². The van der Waals surface area contributed by atoms with Gasteiger partial charge in [0.2, 0.25) is 5.91 Å². The summed E-state index contributed by atoms with van der Waals surface area (Å²) in [6, 6.07) is 15.7. The Morgan fingerprint density at radius 1 is 1.00 bits per heavy atom. The molecule has 7 nitrogen and oxygen atoms in total. The zero-order chi connectivity index (χ0) is 19.9. The zero-order valence-electron chi connectivity index (χ0n) is 15.0. The summed E-state index contributed by atoms with van der Waals surface area (Å²) in [5.74, 6) is -1.07. The van der Waals surface area contributed by atoms with Crippen molar-refractivity contribution >= 4 is 39.9 Å². The number of carbonyl (C=O) groups excluding carboxylic acids is 3. The highest BCUT2D eigenvalue weighted by Crippen LogP contribution is 2.18. The normalized spacial score (nSPS) is 10.2. The molecule has 0 aliphatic heterocycles. The molecular formula is C20H17N3O4S. The summed E-state index contributed by atoms with van der Waals surface area (Å²) in [5, 5.41) is 7.30. The molecule has 0 saturated heterocycles. The first kappa shape index (κ1) is 19.2. The van der Waals surface area contributed by atoms with Crippen LogP contribution < -0.4 is 10.6 Å². The lowest BCUT2D eigenvalue weighted by molar-refractivity contribution is -0.115. The van der Waals surface area contributed by atoms with Gasteiger partial charge in [-0.1, -0.05) is 30.3 Å². The van der Waals surface area contributed by atoms with E-state index in [1.807, 2.05) is 30.3 Å². The summed E-state index contributed by atoms with van der Waals surface area (Å²) in [7, 11) is 1.30. The highest BCUT2D eigenvalue weighted by Gasteiger charge is 2.13. The van der Waals surface area contributed by atoms with Crippen molar-refractivity contribution in [2.24, 2.45) is 0 Å². The second-order valence-corrected chi connectivity index (χ2v) is 6.63. The lowest BCUT2D eigenvalue weighted by Gasteiger charge is -2.04. The van der Waals surface area contributed by atoms with Crippen LogP contribution in [0.4, 0.5) is 10.8 Å². The molecule has 0 spiro atoms. The van der Waals surface area contributed by atoms with E-state index in [2.05, 4.69) is 20.4 Å². The van der Waals surface area contributed by atoms with Crippen LogP contribution >= 0.6 is 11.3 Å². The van der Waals surface area contributed by atoms with E-state index in [0.29, 0.717) is 16.4 Å². The van der Waals surface area contributed by atoms with E-state index in [4.69, 9.17) is 0 Å². The van der Waals surface area contributed by atoms with Crippen molar-refractivity contribution in [2.45, 2.75) is 6.42 Å². The standard InChI is InChI=1S/C20H17N3O4S/c1-27-19(26)14-7-9-15(10-8-14)21-18(25)16-12-28-20(22-16)23-17(24)11-13-5-3-2-4-6-13/h2-10,12H,11H2,1H3,(H,21,25)(H,22,23,24). The van der Waals surface area contributed by atoms with Gasteiger partial charge in [-0.3, -0.25) is 9.59 Å². The lowest BCUT2D eigenvalue weighted by atomic mass is 10.1. The number of thiazole rings is 1. The number of anilines is 2. The van der Waals surface area contributed by atoms with Crippen LogP contribution in [0.1, 0.15) is 26.4 Å². The quantitative estimate of drug-likeness (QED) is 0.624. The molecule has 28 heavy (non-hydrogen) atoms. The Morgan fingerprint density at radius 3 is 2.39 bits per heavy atom. The van der Waals surface area contributed by atoms with Crippen molar-refractivity contribution < 1.29 is 19.1 Å². The van der Waals surface area contributed by atoms with Crippen LogP contribution in [0.2, 0.25) is 0 Å². The first-order valence-electron chi connectivity index (χ1n) is 8.34. The molecule has 142 valence electrons. The maximum atomic E-state index is 12.3. The Bertz CT molecular complexity index is 984. The first-order valence-corrected chi connectivity index (χ1v) is 9.22. The number of nitrogens with zero attached hydrogens (tertiary/aromatic N) is 1. The van der Waals surface area contributed by atoms with E-state index >= 15 is 0 Å². The van der Waals surface area contributed by atoms with E-state index in [1.165, 1.54) is 18.4 Å². The van der Waals surface area contributed by atoms with E-state index < -0.39 is 11.9 Å². The van der Waals surface area contributed by atoms with E-state index in [9.17, 15) is 14.4 Å². The number of ether oxygens (including phenoxy) is 1. The zero-order valence-corrected chi connectivity index (χ0v) is 15.8. The van der Waals surface area contributed by atoms with Gasteiger partial charge in [-0.2, -0.15) is 0 Å². The van der Waals surface area contributed by atoms with E-state index in [-0.39, 0.29) is 18.0 Å². The smallest absolute Gasteiger partial charge is 0.337 e. The van der Waals surface area contributed by atoms with Gasteiger partial charge < -0.3 is 15.4 Å². The molecule has 8 heteroatoms. The molecule has 0 fully saturated rings. The van der Waals surface area contributed by atoms with Crippen molar-refractivity contribution in [3.63, 3.8) is 0 Å². The fraction of sp³-hybridized carbons (Fsp3) is 0.100. The van der Waals surface area contributed by atoms with Crippen molar-refractivity contribution in [1.82, 2.24) is 4.98 Å². The van der Waals surface area contributed by atoms with Crippen molar-refractivity contribution in [2.75, 3.05) is 17.7 Å². The van der Waals surface area contributed by atoms with E-state index in [1.54, 1.807) is 29.6 Å². The number of benzene rings is 2. The molecule has 0 radical (unpaired) electrons. The summed E-state index contributed by atoms with van der Waals surface area (Å²) in [6.07, 6.45) is 0.231. The number of esters is 1. The largest absolute Gasteiger partial charge is 0.465 e. The molecule has 3 aromatic rings. The molecular weight excluding hydrogens is 378 g/mol. The van der Waals surface area contributed by atoms with Crippen LogP contribution in [0.5, 0.6) is 0 Å². The third kappa shape index (κ3) is 5.01. The fourth-order valence-corrected chi connectivity index (χ4v) is 3.09. The summed E-state index contributed by atoms with van der Waals surface area (Å²) in [4.78, 5) is 40.0. The third-order valence-electron chi connectivity index (χ3n) is 3.75. The summed E-state index contributed by atoms with van der Waals surface area (Å²) in [6.45, 7) is 0. The molecule has 0 aliphatic rings. The van der Waals surface area contributed by atoms with Crippen LogP contribution in [0, 0.1) is 0 Å². The van der Waals surface area contributed by atoms with Gasteiger partial charge >= 0.3 is 5.97 Å². The highest BCUT2D eigenvalue weighted by molar-refractivity contribution is 7.14. The lowest BCUT2D eigenvalue weighted by Crippen LogP contribution is -2.15. The van der Waals surface area contributed by atoms with Gasteiger partial charge in [0.1, 0.15) is 5.69 Å². The van der Waals surface area contributed by atoms with Crippen LogP contribution in [0.15, 0.2) is 60.0 Å². The molecule has 2 N–H and O–H groups in total. The summed E-state index contributed by atoms with van der Waals surface area (Å²) >= 11 is 1.17. The summed E-state index contributed by atoms with van der Waals surface area (Å²) in [5.41, 5.74) is 1.99. The fourth-order valence-electron chi connectivity index (χ4n) is 2.38. The number of hydrogen-bond donors (Lipinski definition) is 2. The Kier molecular flexibility index (Phi) is 6.13. The van der Waals surface area contributed by atoms with Crippen LogP contribution in [0.3, 0.4) is 0 Å². The number of carbonyl (C=O) groups is 3. The second kappa shape index (κ2) is 8.92. The predicted molar refractivity (Wildman–Crippen MR) is 107 cm³/mol. The average Bonchev–Trinajstić information content (AvgIpc) is 3.17. The minimum atomic E-state index is -0.451. The number of rotatable bonds is 6. The summed E-state index contributed by atoms with van der Waals surface area (Å²) < 4.78 is 4.63. The molecule has 1 aromatic heterocycles. The number of methoxy groups -OCH3 is 1. The van der Waals surface area contributed by atoms with Crippen LogP contribution in [-0.2, 0) is 16.0 Å². The topological polar surface area (TPSA) is 97.4 Å². The Hall–Kier alpha value is -3.52. The number of amides is 2. The van der Waals surface area contributed by atoms with Gasteiger partial charge in [-0.05, 0) is 29.8 Å². The molecule has 0 unspecified atom stereocenters. The van der Waals surface area contributed by atoms with Gasteiger partial charge in [0.25, 0.3) is 5.91 Å². The highest BCUT2D eigenvalue weighted by atomic mass is 32.1. The van der Waals surface area contributed by atoms with Crippen LogP contribution in [0.25, 0.3) is 0 Å². The Labute approximate surface area is 165 Å². The maximum Gasteiger partial charge on any atom is 0.337 e. The number of nitrogens with one attached hydrogen (secondary N) is 2. The van der Waals surface area contributed by atoms with Crippen molar-refractivity contribution in [3.05, 3.63) is 76.8 Å². The van der Waals surface area contributed by atoms with Crippen molar-refractivity contribution in [3.8, 4) is 0 Å². The molecule has 0 saturated carbocycles. The molecule has 0 atom stereocenters. The maximum absolute atomic E-state index is 12.3. The Morgan fingerprint density at radius 2 is 1.71 bits per heavy atom. The first-order chi connectivity index (χ1) is 13.5. The monoisotopic (exact) mass is 395 g/mol. The average molecular weight is 395 g/mol. The van der Waals surface area contributed by atoms with Gasteiger partial charge in [0.15, 0.2) is 5.13 Å². The Balaban J connectivity index is 1.57. The molecule has 1 heterocycles. The number of hydrogen-bond acceptors (Lipinski definition) is 6. The van der Waals surface area contributed by atoms with Crippen molar-refractivity contribution in [1.29, 1.82) is 0 Å².